The third kappa shape index (κ3) is 5.74. The van der Waals surface area contributed by atoms with E-state index in [0.29, 0.717) is 0 Å². The second kappa shape index (κ2) is 14.1. The molecule has 1 aliphatic carbocycles. The van der Waals surface area contributed by atoms with Gasteiger partial charge in [-0.3, -0.25) is 0 Å². The summed E-state index contributed by atoms with van der Waals surface area (Å²) in [5, 5.41) is 2.54. The average molecular weight is 772 g/mol. The highest BCUT2D eigenvalue weighted by Crippen LogP contribution is 2.54. The molecule has 0 aliphatic heterocycles. The quantitative estimate of drug-likeness (QED) is 0.156. The lowest BCUT2D eigenvalue weighted by Crippen LogP contribution is -2.14. The molecule has 1 nitrogen and oxygen atoms in total. The van der Waals surface area contributed by atoms with E-state index in [0.717, 1.165) is 17.1 Å². The number of hydrogen-bond donors (Lipinski definition) is 0. The molecule has 11 rings (SSSR count). The zero-order chi connectivity index (χ0) is 39.5. The predicted molar refractivity (Wildman–Crippen MR) is 253 cm³/mol. The van der Waals surface area contributed by atoms with Gasteiger partial charge in [0.1, 0.15) is 0 Å². The van der Waals surface area contributed by atoms with Crippen LogP contribution in [-0.2, 0) is 5.41 Å². The van der Waals surface area contributed by atoms with E-state index in [4.69, 9.17) is 0 Å². The van der Waals surface area contributed by atoms with Crippen molar-refractivity contribution in [3.63, 3.8) is 0 Å². The summed E-state index contributed by atoms with van der Waals surface area (Å²) in [5.41, 5.74) is 18.3. The monoisotopic (exact) mass is 771 g/mol. The first kappa shape index (κ1) is 35.2. The molecule has 0 unspecified atom stereocenters. The van der Waals surface area contributed by atoms with Gasteiger partial charge in [0, 0.05) is 36.8 Å². The van der Waals surface area contributed by atoms with Gasteiger partial charge in [-0.2, -0.15) is 0 Å². The van der Waals surface area contributed by atoms with Gasteiger partial charge in [-0.15, -0.1) is 11.3 Å². The fourth-order valence-electron chi connectivity index (χ4n) is 9.60. The Morgan fingerprint density at radius 1 is 0.373 bits per heavy atom. The van der Waals surface area contributed by atoms with E-state index in [-0.39, 0.29) is 5.41 Å². The summed E-state index contributed by atoms with van der Waals surface area (Å²) < 4.78 is 2.56. The van der Waals surface area contributed by atoms with Gasteiger partial charge in [0.15, 0.2) is 0 Å². The average Bonchev–Trinajstić information content (AvgIpc) is 3.79. The lowest BCUT2D eigenvalue weighted by Gasteiger charge is -2.31. The summed E-state index contributed by atoms with van der Waals surface area (Å²) in [6, 6.07) is 78.2. The number of benzene rings is 9. The Kier molecular flexibility index (Phi) is 8.43. The van der Waals surface area contributed by atoms with E-state index in [1.165, 1.54) is 86.9 Å². The second-order valence-electron chi connectivity index (χ2n) is 16.0. The van der Waals surface area contributed by atoms with Crippen molar-refractivity contribution in [3.05, 3.63) is 223 Å². The van der Waals surface area contributed by atoms with E-state index in [9.17, 15) is 0 Å². The molecule has 9 aromatic carbocycles. The summed E-state index contributed by atoms with van der Waals surface area (Å²) in [5.74, 6) is 0. The van der Waals surface area contributed by atoms with Crippen LogP contribution >= 0.6 is 11.3 Å². The lowest BCUT2D eigenvalue weighted by molar-refractivity contribution is 0.660. The Morgan fingerprint density at radius 2 is 0.898 bits per heavy atom. The van der Waals surface area contributed by atoms with Crippen molar-refractivity contribution in [2.75, 3.05) is 4.90 Å². The zero-order valence-corrected chi connectivity index (χ0v) is 33.9. The third-order valence-corrected chi connectivity index (χ3v) is 13.4. The highest BCUT2D eigenvalue weighted by Gasteiger charge is 2.36. The summed E-state index contributed by atoms with van der Waals surface area (Å²) in [6.45, 7) is 4.72. The molecule has 0 fully saturated rings. The van der Waals surface area contributed by atoms with Crippen LogP contribution < -0.4 is 4.90 Å². The largest absolute Gasteiger partial charge is 0.309 e. The van der Waals surface area contributed by atoms with Crippen molar-refractivity contribution in [1.29, 1.82) is 0 Å². The molecule has 0 N–H and O–H groups in total. The van der Waals surface area contributed by atoms with E-state index < -0.39 is 0 Å². The first-order valence-electron chi connectivity index (χ1n) is 20.4. The lowest BCUT2D eigenvalue weighted by atomic mass is 9.82. The van der Waals surface area contributed by atoms with Crippen molar-refractivity contribution in [2.45, 2.75) is 19.3 Å². The topological polar surface area (TPSA) is 3.24 Å². The maximum Gasteiger partial charge on any atom is 0.0555 e. The number of nitrogens with zero attached hydrogens (tertiary/aromatic N) is 1. The molecule has 1 heterocycles. The fourth-order valence-corrected chi connectivity index (χ4v) is 10.7. The Balaban J connectivity index is 1.23. The molecule has 0 saturated carbocycles. The molecule has 0 amide bonds. The molecule has 0 radical (unpaired) electrons. The predicted octanol–water partition coefficient (Wildman–Crippen LogP) is 16.5. The molecule has 1 aliphatic rings. The summed E-state index contributed by atoms with van der Waals surface area (Å²) in [4.78, 5) is 2.54. The van der Waals surface area contributed by atoms with Crippen molar-refractivity contribution in [3.8, 4) is 55.6 Å². The van der Waals surface area contributed by atoms with Crippen molar-refractivity contribution >= 4 is 48.6 Å². The van der Waals surface area contributed by atoms with Gasteiger partial charge >= 0.3 is 0 Å². The van der Waals surface area contributed by atoms with Gasteiger partial charge in [-0.05, 0) is 97.6 Å². The fraction of sp³-hybridized carbons (Fsp3) is 0.0526. The standard InChI is InChI=1S/C57H41NS/c1-57(2)48-31-13-11-27-46(48)54-44(29-16-32-49(54)57)40-23-15-24-41(37-40)58(51-34-18-36-53-56(51)47-28-12-14-35-52(47)59-53)50-33-17-30-43(39-21-7-4-8-22-39)55(50)45-26-10-9-25-42(45)38-19-5-3-6-20-38/h3-37H,1-2H3. The highest BCUT2D eigenvalue weighted by atomic mass is 32.1. The first-order chi connectivity index (χ1) is 29.1. The SMILES string of the molecule is CC1(C)c2ccccc2-c2c(-c3cccc(N(c4cccc(-c5ccccc5)c4-c4ccccc4-c4ccccc4)c4cccc5sc6ccccc6c45)c3)cccc21. The Bertz CT molecular complexity index is 3190. The molecule has 0 atom stereocenters. The molecule has 10 aromatic rings. The minimum atomic E-state index is -0.0832. The van der Waals surface area contributed by atoms with E-state index in [1.54, 1.807) is 0 Å². The Labute approximate surface area is 350 Å². The normalized spacial score (nSPS) is 12.7. The summed E-state index contributed by atoms with van der Waals surface area (Å²) in [7, 11) is 0. The minimum absolute atomic E-state index is 0.0832. The van der Waals surface area contributed by atoms with Crippen LogP contribution in [0.25, 0.3) is 75.8 Å². The minimum Gasteiger partial charge on any atom is -0.309 e. The van der Waals surface area contributed by atoms with Crippen LogP contribution in [0.15, 0.2) is 212 Å². The van der Waals surface area contributed by atoms with Gasteiger partial charge < -0.3 is 4.90 Å². The summed E-state index contributed by atoms with van der Waals surface area (Å²) >= 11 is 1.86. The van der Waals surface area contributed by atoms with Gasteiger partial charge in [0.05, 0.1) is 11.4 Å². The highest BCUT2D eigenvalue weighted by molar-refractivity contribution is 7.26. The molecule has 0 spiro atoms. The maximum absolute atomic E-state index is 2.54. The van der Waals surface area contributed by atoms with E-state index in [1.807, 2.05) is 11.3 Å². The number of anilines is 3. The van der Waals surface area contributed by atoms with Gasteiger partial charge in [-0.25, -0.2) is 0 Å². The van der Waals surface area contributed by atoms with Crippen molar-refractivity contribution in [2.24, 2.45) is 0 Å². The number of fused-ring (bicyclic) bond motifs is 6. The smallest absolute Gasteiger partial charge is 0.0555 e. The van der Waals surface area contributed by atoms with Crippen LogP contribution in [0.5, 0.6) is 0 Å². The van der Waals surface area contributed by atoms with E-state index >= 15 is 0 Å². The molecule has 0 saturated heterocycles. The number of hydrogen-bond acceptors (Lipinski definition) is 2. The number of rotatable bonds is 7. The van der Waals surface area contributed by atoms with Crippen LogP contribution in [0.4, 0.5) is 17.1 Å². The third-order valence-electron chi connectivity index (χ3n) is 12.3. The Hall–Kier alpha value is -7.00. The van der Waals surface area contributed by atoms with Crippen LogP contribution in [0.2, 0.25) is 0 Å². The Morgan fingerprint density at radius 3 is 1.69 bits per heavy atom. The van der Waals surface area contributed by atoms with Crippen LogP contribution in [0.3, 0.4) is 0 Å². The van der Waals surface area contributed by atoms with E-state index in [2.05, 4.69) is 231 Å². The number of thiophene rings is 1. The van der Waals surface area contributed by atoms with Crippen LogP contribution in [-0.4, -0.2) is 0 Å². The molecule has 2 heteroatoms. The molecule has 280 valence electrons. The molecule has 0 bridgehead atoms. The van der Waals surface area contributed by atoms with Crippen LogP contribution in [0, 0.1) is 0 Å². The molecule has 59 heavy (non-hydrogen) atoms. The van der Waals surface area contributed by atoms with Crippen molar-refractivity contribution < 1.29 is 0 Å². The maximum atomic E-state index is 2.54. The van der Waals surface area contributed by atoms with Crippen molar-refractivity contribution in [1.82, 2.24) is 0 Å². The summed E-state index contributed by atoms with van der Waals surface area (Å²) in [6.07, 6.45) is 0. The van der Waals surface area contributed by atoms with Gasteiger partial charge in [-0.1, -0.05) is 190 Å². The zero-order valence-electron chi connectivity index (χ0n) is 33.1. The van der Waals surface area contributed by atoms with Crippen LogP contribution in [0.1, 0.15) is 25.0 Å². The molecular formula is C57H41NS. The molecular weight excluding hydrogens is 731 g/mol. The second-order valence-corrected chi connectivity index (χ2v) is 17.1. The van der Waals surface area contributed by atoms with Gasteiger partial charge in [0.2, 0.25) is 0 Å². The first-order valence-corrected chi connectivity index (χ1v) is 21.3. The molecule has 1 aromatic heterocycles. The van der Waals surface area contributed by atoms with Gasteiger partial charge in [0.25, 0.3) is 0 Å².